The van der Waals surface area contributed by atoms with Crippen LogP contribution in [0.25, 0.3) is 0 Å². The van der Waals surface area contributed by atoms with Crippen LogP contribution in [0.1, 0.15) is 37.5 Å². The van der Waals surface area contributed by atoms with Crippen molar-refractivity contribution in [1.29, 1.82) is 0 Å². The zero-order valence-corrected chi connectivity index (χ0v) is 19.6. The number of rotatable bonds is 12. The van der Waals surface area contributed by atoms with E-state index >= 15 is 0 Å². The van der Waals surface area contributed by atoms with Gasteiger partial charge in [-0.25, -0.2) is 0 Å². The Morgan fingerprint density at radius 1 is 1.12 bits per heavy atom. The molecule has 1 N–H and O–H groups in total. The van der Waals surface area contributed by atoms with Crippen molar-refractivity contribution in [3.05, 3.63) is 76.8 Å². The van der Waals surface area contributed by atoms with Gasteiger partial charge >= 0.3 is 5.97 Å². The van der Waals surface area contributed by atoms with Crippen LogP contribution in [0.3, 0.4) is 0 Å². The maximum absolute atomic E-state index is 12.9. The molecule has 2 aromatic carbocycles. The number of aliphatic imine (C=N–C) groups is 1. The minimum Gasteiger partial charge on any atom is -0.497 e. The minimum absolute atomic E-state index is 0.0750. The third-order valence-electron chi connectivity index (χ3n) is 4.43. The monoisotopic (exact) mass is 454 g/mol. The topological polar surface area (TPSA) is 77.0 Å². The number of carbonyl (C=O) groups excluding carboxylic acids is 2. The van der Waals surface area contributed by atoms with Gasteiger partial charge < -0.3 is 14.8 Å². The summed E-state index contributed by atoms with van der Waals surface area (Å²) in [6.07, 6.45) is 4.09. The molecule has 0 radical (unpaired) electrons. The quantitative estimate of drug-likeness (QED) is 0.371. The highest BCUT2D eigenvalue weighted by molar-refractivity contribution is 8.03. The Bertz CT molecular complexity index is 911. The molecule has 0 saturated carbocycles. The predicted octanol–water partition coefficient (Wildman–Crippen LogP) is 4.71. The van der Waals surface area contributed by atoms with Gasteiger partial charge in [-0.1, -0.05) is 67.2 Å². The number of thioether (sulfide) groups is 1. The number of nitrogens with one attached hydrogen (secondary N) is 1. The van der Waals surface area contributed by atoms with Crippen molar-refractivity contribution >= 4 is 29.9 Å². The lowest BCUT2D eigenvalue weighted by molar-refractivity contribution is -0.153. The van der Waals surface area contributed by atoms with Gasteiger partial charge in [0.1, 0.15) is 5.75 Å². The molecule has 7 heteroatoms. The predicted molar refractivity (Wildman–Crippen MR) is 130 cm³/mol. The molecule has 32 heavy (non-hydrogen) atoms. The van der Waals surface area contributed by atoms with E-state index in [1.165, 1.54) is 11.8 Å². The van der Waals surface area contributed by atoms with Crippen molar-refractivity contribution in [2.75, 3.05) is 19.4 Å². The van der Waals surface area contributed by atoms with E-state index in [9.17, 15) is 9.59 Å². The summed E-state index contributed by atoms with van der Waals surface area (Å²) in [4.78, 5) is 29.6. The first-order valence-corrected chi connectivity index (χ1v) is 11.5. The highest BCUT2D eigenvalue weighted by Gasteiger charge is 2.24. The van der Waals surface area contributed by atoms with Gasteiger partial charge in [-0.2, -0.15) is 0 Å². The van der Waals surface area contributed by atoms with Gasteiger partial charge in [0.2, 0.25) is 6.10 Å². The van der Waals surface area contributed by atoms with Crippen molar-refractivity contribution in [3.63, 3.8) is 0 Å². The van der Waals surface area contributed by atoms with Crippen molar-refractivity contribution < 1.29 is 19.1 Å². The summed E-state index contributed by atoms with van der Waals surface area (Å²) in [5.74, 6) is 0.0424. The maximum atomic E-state index is 12.9. The smallest absolute Gasteiger partial charge is 0.317 e. The molecule has 1 unspecified atom stereocenters. The van der Waals surface area contributed by atoms with Crippen LogP contribution in [-0.2, 0) is 20.7 Å². The zero-order valence-electron chi connectivity index (χ0n) is 18.7. The van der Waals surface area contributed by atoms with E-state index in [1.807, 2.05) is 62.4 Å². The lowest BCUT2D eigenvalue weighted by Gasteiger charge is -2.18. The average Bonchev–Trinajstić information content (AvgIpc) is 2.82. The summed E-state index contributed by atoms with van der Waals surface area (Å²) >= 11 is 1.29. The molecule has 1 atom stereocenters. The molecule has 6 nitrogen and oxygen atoms in total. The summed E-state index contributed by atoms with van der Waals surface area (Å²) < 4.78 is 10.7. The van der Waals surface area contributed by atoms with E-state index in [0.29, 0.717) is 18.5 Å². The Kier molecular flexibility index (Phi) is 11.1. The third-order valence-corrected chi connectivity index (χ3v) is 5.38. The molecule has 2 aromatic rings. The van der Waals surface area contributed by atoms with Gasteiger partial charge in [-0.15, -0.1) is 0 Å². The maximum Gasteiger partial charge on any atom is 0.317 e. The van der Waals surface area contributed by atoms with Crippen LogP contribution in [0.2, 0.25) is 0 Å². The first kappa shape index (κ1) is 25.2. The van der Waals surface area contributed by atoms with E-state index in [1.54, 1.807) is 25.5 Å². The normalized spacial score (nSPS) is 12.4. The molecule has 170 valence electrons. The number of amides is 1. The Labute approximate surface area is 194 Å². The largest absolute Gasteiger partial charge is 0.497 e. The highest BCUT2D eigenvalue weighted by Crippen LogP contribution is 2.22. The SMILES string of the molecule is C/C=N\C(=C\CC)SCC(=O)OC(C(=O)NCCc1ccc(OC)cc1)c1ccccc1. The summed E-state index contributed by atoms with van der Waals surface area (Å²) in [6, 6.07) is 16.7. The minimum atomic E-state index is -1.01. The molecule has 2 rings (SSSR count). The lowest BCUT2D eigenvalue weighted by atomic mass is 10.1. The molecule has 0 aliphatic rings. The van der Waals surface area contributed by atoms with Crippen molar-refractivity contribution in [2.24, 2.45) is 4.99 Å². The van der Waals surface area contributed by atoms with Crippen molar-refractivity contribution in [1.82, 2.24) is 5.32 Å². The average molecular weight is 455 g/mol. The van der Waals surface area contributed by atoms with E-state index in [4.69, 9.17) is 9.47 Å². The number of hydrogen-bond donors (Lipinski definition) is 1. The summed E-state index contributed by atoms with van der Waals surface area (Å²) in [6.45, 7) is 4.26. The van der Waals surface area contributed by atoms with Gasteiger partial charge in [0.05, 0.1) is 17.9 Å². The second-order valence-electron chi connectivity index (χ2n) is 6.80. The van der Waals surface area contributed by atoms with Gasteiger partial charge in [-0.05, 0) is 37.5 Å². The zero-order chi connectivity index (χ0) is 23.2. The van der Waals surface area contributed by atoms with Gasteiger partial charge in [0.25, 0.3) is 5.91 Å². The Balaban J connectivity index is 1.97. The van der Waals surface area contributed by atoms with Gasteiger partial charge in [0, 0.05) is 18.3 Å². The van der Waals surface area contributed by atoms with Crippen LogP contribution in [0.5, 0.6) is 5.75 Å². The second kappa shape index (κ2) is 14.1. The lowest BCUT2D eigenvalue weighted by Crippen LogP contribution is -2.33. The van der Waals surface area contributed by atoms with Crippen molar-refractivity contribution in [3.8, 4) is 5.75 Å². The van der Waals surface area contributed by atoms with Gasteiger partial charge in [0.15, 0.2) is 0 Å². The first-order valence-electron chi connectivity index (χ1n) is 10.5. The number of nitrogens with zero attached hydrogens (tertiary/aromatic N) is 1. The standard InChI is InChI=1S/C25H30N2O4S/c1-4-9-22(26-5-2)32-18-23(28)31-24(20-10-7-6-8-11-20)25(29)27-17-16-19-12-14-21(30-3)15-13-19/h5-15,24H,4,16-18H2,1-3H3,(H,27,29)/b22-9-,26-5-. The van der Waals surface area contributed by atoms with E-state index in [0.717, 1.165) is 22.8 Å². The molecule has 0 fully saturated rings. The van der Waals surface area contributed by atoms with Crippen LogP contribution in [0.4, 0.5) is 0 Å². The number of esters is 1. The Hall–Kier alpha value is -3.06. The van der Waals surface area contributed by atoms with Crippen LogP contribution in [-0.4, -0.2) is 37.5 Å². The first-order chi connectivity index (χ1) is 15.6. The van der Waals surface area contributed by atoms with E-state index < -0.39 is 12.1 Å². The van der Waals surface area contributed by atoms with E-state index in [2.05, 4.69) is 10.3 Å². The fourth-order valence-electron chi connectivity index (χ4n) is 2.86. The molecule has 0 heterocycles. The number of ether oxygens (including phenoxy) is 2. The van der Waals surface area contributed by atoms with Crippen LogP contribution in [0, 0.1) is 0 Å². The third kappa shape index (κ3) is 8.59. The van der Waals surface area contributed by atoms with E-state index in [-0.39, 0.29) is 11.7 Å². The molecule has 0 aliphatic heterocycles. The van der Waals surface area contributed by atoms with Gasteiger partial charge in [-0.3, -0.25) is 14.6 Å². The molecule has 0 spiro atoms. The Morgan fingerprint density at radius 2 is 1.84 bits per heavy atom. The molecule has 0 aliphatic carbocycles. The highest BCUT2D eigenvalue weighted by atomic mass is 32.2. The van der Waals surface area contributed by atoms with Crippen molar-refractivity contribution in [2.45, 2.75) is 32.8 Å². The fraction of sp³-hybridized carbons (Fsp3) is 0.320. The molecular weight excluding hydrogens is 424 g/mol. The molecular formula is C25H30N2O4S. The number of hydrogen-bond acceptors (Lipinski definition) is 6. The molecule has 0 aromatic heterocycles. The number of carbonyl (C=O) groups is 2. The molecule has 1 amide bonds. The number of methoxy groups -OCH3 is 1. The molecule has 0 bridgehead atoms. The molecule has 0 saturated heterocycles. The second-order valence-corrected chi connectivity index (χ2v) is 7.79. The summed E-state index contributed by atoms with van der Waals surface area (Å²) in [5, 5.41) is 3.64. The van der Waals surface area contributed by atoms with Crippen LogP contribution >= 0.6 is 11.8 Å². The number of benzene rings is 2. The summed E-state index contributed by atoms with van der Waals surface area (Å²) in [5.41, 5.74) is 1.70. The summed E-state index contributed by atoms with van der Waals surface area (Å²) in [7, 11) is 1.62. The number of allylic oxidation sites excluding steroid dienone is 1. The Morgan fingerprint density at radius 3 is 2.47 bits per heavy atom. The van der Waals surface area contributed by atoms with Crippen LogP contribution in [0.15, 0.2) is 70.7 Å². The van der Waals surface area contributed by atoms with Crippen LogP contribution < -0.4 is 10.1 Å². The fourth-order valence-corrected chi connectivity index (χ4v) is 3.66.